The largest absolute Gasteiger partial charge is 0.508 e. The maximum absolute atomic E-state index is 12.2. The van der Waals surface area contributed by atoms with E-state index in [-0.39, 0.29) is 23.6 Å². The average molecular weight is 343 g/mol. The fraction of sp³-hybridized carbons (Fsp3) is 0.222. The molecule has 1 amide bonds. The minimum absolute atomic E-state index is 0.0484. The lowest BCUT2D eigenvalue weighted by Crippen LogP contribution is -2.15. The standard InChI is InChI=1S/C18H17NO6/c1-23-13-7-6-12-14(25-18(22)16(12)17(13)24-2)9-15(21)19-10-4-3-5-11(20)8-10/h3-8,14,20H,9H2,1-2H3,(H,19,21)/t14-/m0/s1. The molecule has 1 aliphatic rings. The van der Waals surface area contributed by atoms with E-state index in [2.05, 4.69) is 5.32 Å². The van der Waals surface area contributed by atoms with Crippen LogP contribution in [0.5, 0.6) is 17.2 Å². The molecule has 3 rings (SSSR count). The van der Waals surface area contributed by atoms with Gasteiger partial charge in [0.05, 0.1) is 20.6 Å². The quantitative estimate of drug-likeness (QED) is 0.811. The highest BCUT2D eigenvalue weighted by atomic mass is 16.6. The Kier molecular flexibility index (Phi) is 4.47. The Morgan fingerprint density at radius 2 is 2.04 bits per heavy atom. The van der Waals surface area contributed by atoms with Crippen LogP contribution in [-0.4, -0.2) is 31.2 Å². The summed E-state index contributed by atoms with van der Waals surface area (Å²) in [6.07, 6.45) is -0.760. The fourth-order valence-corrected chi connectivity index (χ4v) is 2.79. The van der Waals surface area contributed by atoms with Gasteiger partial charge in [0.15, 0.2) is 11.5 Å². The van der Waals surface area contributed by atoms with Crippen molar-refractivity contribution < 1.29 is 28.9 Å². The van der Waals surface area contributed by atoms with E-state index in [1.54, 1.807) is 24.3 Å². The van der Waals surface area contributed by atoms with E-state index in [9.17, 15) is 14.7 Å². The third-order valence-electron chi connectivity index (χ3n) is 3.88. The molecule has 1 atom stereocenters. The van der Waals surface area contributed by atoms with Crippen LogP contribution in [0.3, 0.4) is 0 Å². The van der Waals surface area contributed by atoms with E-state index in [0.29, 0.717) is 22.7 Å². The van der Waals surface area contributed by atoms with Gasteiger partial charge in [-0.15, -0.1) is 0 Å². The molecule has 0 aliphatic carbocycles. The van der Waals surface area contributed by atoms with Gasteiger partial charge in [-0.1, -0.05) is 12.1 Å². The first-order valence-electron chi connectivity index (χ1n) is 7.58. The molecule has 0 unspecified atom stereocenters. The second-order valence-electron chi connectivity index (χ2n) is 5.46. The minimum atomic E-state index is -0.709. The van der Waals surface area contributed by atoms with Crippen LogP contribution < -0.4 is 14.8 Å². The summed E-state index contributed by atoms with van der Waals surface area (Å²) in [5.41, 5.74) is 1.31. The number of carbonyl (C=O) groups excluding carboxylic acids is 2. The average Bonchev–Trinajstić information content (AvgIpc) is 2.89. The van der Waals surface area contributed by atoms with Crippen LogP contribution in [0.25, 0.3) is 0 Å². The van der Waals surface area contributed by atoms with Gasteiger partial charge in [-0.05, 0) is 18.2 Å². The SMILES string of the molecule is COc1ccc2c(c1OC)C(=O)O[C@H]2CC(=O)Nc1cccc(O)c1. The lowest BCUT2D eigenvalue weighted by molar-refractivity contribution is -0.118. The van der Waals surface area contributed by atoms with E-state index in [4.69, 9.17) is 14.2 Å². The number of ether oxygens (including phenoxy) is 3. The molecule has 0 aromatic heterocycles. The predicted molar refractivity (Wildman–Crippen MR) is 89.1 cm³/mol. The molecular formula is C18H17NO6. The Labute approximate surface area is 144 Å². The van der Waals surface area contributed by atoms with E-state index in [0.717, 1.165) is 0 Å². The van der Waals surface area contributed by atoms with Gasteiger partial charge >= 0.3 is 5.97 Å². The Balaban J connectivity index is 1.80. The van der Waals surface area contributed by atoms with Crippen molar-refractivity contribution in [3.05, 3.63) is 47.5 Å². The van der Waals surface area contributed by atoms with Crippen LogP contribution in [0.15, 0.2) is 36.4 Å². The van der Waals surface area contributed by atoms with Crippen LogP contribution in [-0.2, 0) is 9.53 Å². The van der Waals surface area contributed by atoms with Crippen molar-refractivity contribution in [2.45, 2.75) is 12.5 Å². The molecule has 2 aromatic rings. The zero-order valence-corrected chi connectivity index (χ0v) is 13.7. The maximum atomic E-state index is 12.2. The normalized spacial score (nSPS) is 15.3. The summed E-state index contributed by atoms with van der Waals surface area (Å²) in [5.74, 6) is -0.136. The molecule has 7 nitrogen and oxygen atoms in total. The first-order valence-corrected chi connectivity index (χ1v) is 7.58. The van der Waals surface area contributed by atoms with Crippen molar-refractivity contribution in [2.24, 2.45) is 0 Å². The molecule has 0 fully saturated rings. The van der Waals surface area contributed by atoms with E-state index in [1.807, 2.05) is 0 Å². The summed E-state index contributed by atoms with van der Waals surface area (Å²) in [6, 6.07) is 9.56. The number of hydrogen-bond acceptors (Lipinski definition) is 6. The lowest BCUT2D eigenvalue weighted by Gasteiger charge is -2.12. The highest BCUT2D eigenvalue weighted by molar-refractivity contribution is 5.99. The third kappa shape index (κ3) is 3.21. The van der Waals surface area contributed by atoms with Gasteiger partial charge in [-0.2, -0.15) is 0 Å². The van der Waals surface area contributed by atoms with Crippen molar-refractivity contribution in [3.63, 3.8) is 0 Å². The summed E-state index contributed by atoms with van der Waals surface area (Å²) in [4.78, 5) is 24.4. The highest BCUT2D eigenvalue weighted by Crippen LogP contribution is 2.43. The Morgan fingerprint density at radius 1 is 1.24 bits per heavy atom. The number of cyclic esters (lactones) is 1. The number of nitrogens with one attached hydrogen (secondary N) is 1. The van der Waals surface area contributed by atoms with Gasteiger partial charge < -0.3 is 24.6 Å². The Hall–Kier alpha value is -3.22. The third-order valence-corrected chi connectivity index (χ3v) is 3.88. The summed E-state index contributed by atoms with van der Waals surface area (Å²) in [6.45, 7) is 0. The number of hydrogen-bond donors (Lipinski definition) is 2. The first kappa shape index (κ1) is 16.6. The number of amides is 1. The van der Waals surface area contributed by atoms with Crippen LogP contribution in [0.2, 0.25) is 0 Å². The van der Waals surface area contributed by atoms with Crippen molar-refractivity contribution in [3.8, 4) is 17.2 Å². The second kappa shape index (κ2) is 6.72. The summed E-state index contributed by atoms with van der Waals surface area (Å²) in [7, 11) is 2.91. The fourth-order valence-electron chi connectivity index (χ4n) is 2.79. The number of phenolic OH excluding ortho intramolecular Hbond substituents is 1. The number of anilines is 1. The molecule has 25 heavy (non-hydrogen) atoms. The highest BCUT2D eigenvalue weighted by Gasteiger charge is 2.36. The molecule has 1 heterocycles. The number of benzene rings is 2. The number of fused-ring (bicyclic) bond motifs is 1. The van der Waals surface area contributed by atoms with Crippen molar-refractivity contribution >= 4 is 17.6 Å². The summed E-state index contributed by atoms with van der Waals surface area (Å²) < 4.78 is 15.8. The zero-order valence-electron chi connectivity index (χ0n) is 13.7. The number of aromatic hydroxyl groups is 1. The monoisotopic (exact) mass is 343 g/mol. The number of rotatable bonds is 5. The van der Waals surface area contributed by atoms with E-state index < -0.39 is 12.1 Å². The molecule has 130 valence electrons. The smallest absolute Gasteiger partial charge is 0.343 e. The van der Waals surface area contributed by atoms with Crippen LogP contribution >= 0.6 is 0 Å². The van der Waals surface area contributed by atoms with Crippen molar-refractivity contribution in [1.82, 2.24) is 0 Å². The van der Waals surface area contributed by atoms with Gasteiger partial charge in [-0.3, -0.25) is 4.79 Å². The van der Waals surface area contributed by atoms with Gasteiger partial charge in [0.25, 0.3) is 0 Å². The van der Waals surface area contributed by atoms with Gasteiger partial charge in [0, 0.05) is 17.3 Å². The topological polar surface area (TPSA) is 94.1 Å². The van der Waals surface area contributed by atoms with Gasteiger partial charge in [-0.25, -0.2) is 4.79 Å². The van der Waals surface area contributed by atoms with Crippen molar-refractivity contribution in [2.75, 3.05) is 19.5 Å². The lowest BCUT2D eigenvalue weighted by atomic mass is 10.0. The molecule has 2 N–H and O–H groups in total. The van der Waals surface area contributed by atoms with Crippen LogP contribution in [0.4, 0.5) is 5.69 Å². The molecule has 1 aliphatic heterocycles. The Bertz CT molecular complexity index is 832. The van der Waals surface area contributed by atoms with Gasteiger partial charge in [0.1, 0.15) is 17.4 Å². The molecule has 7 heteroatoms. The van der Waals surface area contributed by atoms with Crippen LogP contribution in [0, 0.1) is 0 Å². The number of phenols is 1. The first-order chi connectivity index (χ1) is 12.0. The number of methoxy groups -OCH3 is 2. The van der Waals surface area contributed by atoms with Gasteiger partial charge in [0.2, 0.25) is 5.91 Å². The number of carbonyl (C=O) groups is 2. The summed E-state index contributed by atoms with van der Waals surface area (Å²) in [5, 5.41) is 12.1. The molecular weight excluding hydrogens is 326 g/mol. The second-order valence-corrected chi connectivity index (χ2v) is 5.46. The molecule has 0 radical (unpaired) electrons. The molecule has 0 saturated heterocycles. The Morgan fingerprint density at radius 3 is 2.72 bits per heavy atom. The van der Waals surface area contributed by atoms with E-state index in [1.165, 1.54) is 26.4 Å². The van der Waals surface area contributed by atoms with Crippen molar-refractivity contribution in [1.29, 1.82) is 0 Å². The molecule has 0 bridgehead atoms. The molecule has 2 aromatic carbocycles. The zero-order chi connectivity index (χ0) is 18.0. The summed E-state index contributed by atoms with van der Waals surface area (Å²) >= 11 is 0. The van der Waals surface area contributed by atoms with Crippen LogP contribution in [0.1, 0.15) is 28.4 Å². The molecule has 0 spiro atoms. The predicted octanol–water partition coefficient (Wildman–Crippen LogP) is 2.65. The number of esters is 1. The maximum Gasteiger partial charge on any atom is 0.343 e. The molecule has 0 saturated carbocycles. The minimum Gasteiger partial charge on any atom is -0.508 e. The van der Waals surface area contributed by atoms with E-state index >= 15 is 0 Å².